The number of nitrogens with one attached hydrogen (secondary N) is 1. The molecular weight excluding hydrogens is 240 g/mol. The molecule has 2 nitrogen and oxygen atoms in total. The van der Waals surface area contributed by atoms with Crippen molar-refractivity contribution >= 4 is 11.8 Å². The first-order valence-corrected chi connectivity index (χ1v) is 7.84. The second-order valence-electron chi connectivity index (χ2n) is 4.80. The minimum absolute atomic E-state index is 0.175. The third kappa shape index (κ3) is 3.28. The fourth-order valence-electron chi connectivity index (χ4n) is 2.71. The monoisotopic (exact) mass is 260 g/mol. The fourth-order valence-corrected chi connectivity index (χ4v) is 3.65. The van der Waals surface area contributed by atoms with Crippen molar-refractivity contribution in [2.75, 3.05) is 6.26 Å². The van der Waals surface area contributed by atoms with Gasteiger partial charge >= 0.3 is 0 Å². The Labute approximate surface area is 114 Å². The van der Waals surface area contributed by atoms with Crippen LogP contribution in [0.1, 0.15) is 37.3 Å². The van der Waals surface area contributed by atoms with Crippen LogP contribution in [-0.4, -0.2) is 17.5 Å². The lowest BCUT2D eigenvalue weighted by Crippen LogP contribution is -2.36. The molecule has 2 rings (SSSR count). The Morgan fingerprint density at radius 3 is 2.83 bits per heavy atom. The van der Waals surface area contributed by atoms with E-state index in [1.54, 1.807) is 0 Å². The minimum Gasteiger partial charge on any atom is -0.305 e. The van der Waals surface area contributed by atoms with Crippen LogP contribution in [0.3, 0.4) is 0 Å². The van der Waals surface area contributed by atoms with Gasteiger partial charge in [-0.15, -0.1) is 0 Å². The van der Waals surface area contributed by atoms with Gasteiger partial charge in [0, 0.05) is 17.3 Å². The summed E-state index contributed by atoms with van der Waals surface area (Å²) in [6.45, 7) is 0. The zero-order valence-electron chi connectivity index (χ0n) is 10.8. The van der Waals surface area contributed by atoms with Gasteiger partial charge in [-0.05, 0) is 24.7 Å². The van der Waals surface area contributed by atoms with Crippen molar-refractivity contribution in [3.05, 3.63) is 35.9 Å². The van der Waals surface area contributed by atoms with Crippen LogP contribution in [-0.2, 0) is 0 Å². The molecule has 3 unspecified atom stereocenters. The number of hydrogen-bond donors (Lipinski definition) is 1. The molecule has 3 heteroatoms. The van der Waals surface area contributed by atoms with Crippen LogP contribution >= 0.6 is 11.8 Å². The van der Waals surface area contributed by atoms with E-state index in [9.17, 15) is 0 Å². The number of hydrogen-bond acceptors (Lipinski definition) is 3. The zero-order valence-corrected chi connectivity index (χ0v) is 11.6. The van der Waals surface area contributed by atoms with Crippen LogP contribution in [0, 0.1) is 11.3 Å². The third-order valence-corrected chi connectivity index (χ3v) is 4.84. The molecule has 0 heterocycles. The lowest BCUT2D eigenvalue weighted by atomic mass is 10.0. The Morgan fingerprint density at radius 1 is 1.39 bits per heavy atom. The highest BCUT2D eigenvalue weighted by Crippen LogP contribution is 2.30. The molecule has 0 aliphatic heterocycles. The van der Waals surface area contributed by atoms with Gasteiger partial charge < -0.3 is 5.32 Å². The van der Waals surface area contributed by atoms with Crippen molar-refractivity contribution in [3.63, 3.8) is 0 Å². The molecule has 96 valence electrons. The summed E-state index contributed by atoms with van der Waals surface area (Å²) in [6, 6.07) is 13.4. The van der Waals surface area contributed by atoms with E-state index in [2.05, 4.69) is 29.8 Å². The van der Waals surface area contributed by atoms with Crippen molar-refractivity contribution in [1.82, 2.24) is 5.32 Å². The first kappa shape index (κ1) is 13.5. The van der Waals surface area contributed by atoms with Crippen LogP contribution in [0.5, 0.6) is 0 Å². The molecule has 1 aliphatic rings. The van der Waals surface area contributed by atoms with Crippen LogP contribution in [0.2, 0.25) is 0 Å². The molecule has 18 heavy (non-hydrogen) atoms. The molecule has 1 saturated carbocycles. The maximum atomic E-state index is 9.00. The molecule has 1 aliphatic carbocycles. The van der Waals surface area contributed by atoms with Gasteiger partial charge in [0.2, 0.25) is 0 Å². The van der Waals surface area contributed by atoms with Gasteiger partial charge in [-0.25, -0.2) is 0 Å². The SMILES string of the molecule is CSC1CCCC1NC(CC#N)c1ccccc1. The molecule has 1 aromatic rings. The molecule has 3 atom stereocenters. The highest BCUT2D eigenvalue weighted by atomic mass is 32.2. The van der Waals surface area contributed by atoms with Crippen molar-refractivity contribution < 1.29 is 0 Å². The van der Waals surface area contributed by atoms with Crippen molar-refractivity contribution in [2.24, 2.45) is 0 Å². The summed E-state index contributed by atoms with van der Waals surface area (Å²) >= 11 is 1.95. The molecule has 0 spiro atoms. The third-order valence-electron chi connectivity index (χ3n) is 3.67. The largest absolute Gasteiger partial charge is 0.305 e. The van der Waals surface area contributed by atoms with Gasteiger partial charge in [-0.1, -0.05) is 36.8 Å². The first-order chi connectivity index (χ1) is 8.85. The molecule has 0 aromatic heterocycles. The van der Waals surface area contributed by atoms with E-state index in [0.717, 1.165) is 0 Å². The Kier molecular flexibility index (Phi) is 5.10. The van der Waals surface area contributed by atoms with Crippen LogP contribution in [0.4, 0.5) is 0 Å². The average molecular weight is 260 g/mol. The Balaban J connectivity index is 2.05. The van der Waals surface area contributed by atoms with E-state index in [1.807, 2.05) is 30.0 Å². The lowest BCUT2D eigenvalue weighted by Gasteiger charge is -2.25. The van der Waals surface area contributed by atoms with Gasteiger partial charge in [-0.2, -0.15) is 17.0 Å². The van der Waals surface area contributed by atoms with Gasteiger partial charge in [0.1, 0.15) is 0 Å². The number of nitrogens with zero attached hydrogens (tertiary/aromatic N) is 1. The van der Waals surface area contributed by atoms with E-state index < -0.39 is 0 Å². The number of rotatable bonds is 5. The van der Waals surface area contributed by atoms with Crippen LogP contribution in [0.15, 0.2) is 30.3 Å². The summed E-state index contributed by atoms with van der Waals surface area (Å²) in [5.41, 5.74) is 1.23. The summed E-state index contributed by atoms with van der Waals surface area (Å²) < 4.78 is 0. The number of benzene rings is 1. The van der Waals surface area contributed by atoms with Gasteiger partial charge in [0.25, 0.3) is 0 Å². The second-order valence-corrected chi connectivity index (χ2v) is 5.88. The van der Waals surface area contributed by atoms with E-state index in [1.165, 1.54) is 24.8 Å². The van der Waals surface area contributed by atoms with Crippen LogP contribution < -0.4 is 5.32 Å². The summed E-state index contributed by atoms with van der Waals surface area (Å²) in [5, 5.41) is 13.4. The van der Waals surface area contributed by atoms with E-state index in [-0.39, 0.29) is 6.04 Å². The summed E-state index contributed by atoms with van der Waals surface area (Å²) in [6.07, 6.45) is 6.57. The van der Waals surface area contributed by atoms with E-state index in [4.69, 9.17) is 5.26 Å². The quantitative estimate of drug-likeness (QED) is 0.880. The highest BCUT2D eigenvalue weighted by molar-refractivity contribution is 7.99. The summed E-state index contributed by atoms with van der Waals surface area (Å²) in [5.74, 6) is 0. The number of nitriles is 1. The fraction of sp³-hybridized carbons (Fsp3) is 0.533. The summed E-state index contributed by atoms with van der Waals surface area (Å²) in [7, 11) is 0. The highest BCUT2D eigenvalue weighted by Gasteiger charge is 2.28. The van der Waals surface area contributed by atoms with Crippen LogP contribution in [0.25, 0.3) is 0 Å². The molecule has 0 amide bonds. The molecule has 0 bridgehead atoms. The average Bonchev–Trinajstić information content (AvgIpc) is 2.86. The summed E-state index contributed by atoms with van der Waals surface area (Å²) in [4.78, 5) is 0. The normalized spacial score (nSPS) is 24.7. The van der Waals surface area contributed by atoms with Crippen molar-refractivity contribution in [1.29, 1.82) is 5.26 Å². The Hall–Kier alpha value is -0.980. The maximum absolute atomic E-state index is 9.00. The molecule has 0 radical (unpaired) electrons. The lowest BCUT2D eigenvalue weighted by molar-refractivity contribution is 0.449. The minimum atomic E-state index is 0.175. The maximum Gasteiger partial charge on any atom is 0.0641 e. The molecule has 0 saturated heterocycles. The predicted molar refractivity (Wildman–Crippen MR) is 77.5 cm³/mol. The van der Waals surface area contributed by atoms with Gasteiger partial charge in [-0.3, -0.25) is 0 Å². The predicted octanol–water partition coefficient (Wildman–Crippen LogP) is 3.52. The smallest absolute Gasteiger partial charge is 0.0641 e. The number of thioether (sulfide) groups is 1. The topological polar surface area (TPSA) is 35.8 Å². The van der Waals surface area contributed by atoms with Crippen molar-refractivity contribution in [3.8, 4) is 6.07 Å². The van der Waals surface area contributed by atoms with E-state index >= 15 is 0 Å². The Bertz CT molecular complexity index is 399. The molecule has 1 fully saturated rings. The first-order valence-electron chi connectivity index (χ1n) is 6.56. The second kappa shape index (κ2) is 6.82. The molecular formula is C15H20N2S. The van der Waals surface area contributed by atoms with E-state index in [0.29, 0.717) is 17.7 Å². The zero-order chi connectivity index (χ0) is 12.8. The molecule has 1 aromatic carbocycles. The van der Waals surface area contributed by atoms with Gasteiger partial charge in [0.15, 0.2) is 0 Å². The van der Waals surface area contributed by atoms with Crippen molar-refractivity contribution in [2.45, 2.75) is 43.0 Å². The van der Waals surface area contributed by atoms with Gasteiger partial charge in [0.05, 0.1) is 12.5 Å². The Morgan fingerprint density at radius 2 is 2.17 bits per heavy atom. The molecule has 1 N–H and O–H groups in total. The standard InChI is InChI=1S/C15H20N2S/c1-18-15-9-5-8-14(15)17-13(10-11-16)12-6-3-2-4-7-12/h2-4,6-7,13-15,17H,5,8-10H2,1H3.